The molecule has 3 aromatic carbocycles. The number of carbonyl (C=O) groups excluding carboxylic acids is 1. The highest BCUT2D eigenvalue weighted by molar-refractivity contribution is 7.95. The maximum atomic E-state index is 11.7. The number of hydrogen-bond acceptors (Lipinski definition) is 4. The molecule has 4 rings (SSSR count). The molecule has 1 aliphatic rings. The van der Waals surface area contributed by atoms with Gasteiger partial charge >= 0.3 is 6.09 Å². The van der Waals surface area contributed by atoms with Crippen molar-refractivity contribution < 1.29 is 31.4 Å². The molecule has 0 saturated carbocycles. The Hall–Kier alpha value is -2.85. The van der Waals surface area contributed by atoms with Crippen LogP contribution >= 0.6 is 7.26 Å². The van der Waals surface area contributed by atoms with Gasteiger partial charge in [-0.05, 0) is 75.6 Å². The Morgan fingerprint density at radius 2 is 1.21 bits per heavy atom. The molecule has 1 saturated heterocycles. The molecule has 1 fully saturated rings. The molecule has 0 N–H and O–H groups in total. The Morgan fingerprint density at radius 1 is 0.795 bits per heavy atom. The quantitative estimate of drug-likeness (QED) is 0.338. The van der Waals surface area contributed by atoms with Crippen molar-refractivity contribution in [3.05, 3.63) is 103 Å². The van der Waals surface area contributed by atoms with Gasteiger partial charge < -0.3 is 31.5 Å². The highest BCUT2D eigenvalue weighted by Gasteiger charge is 2.45. The van der Waals surface area contributed by atoms with Crippen LogP contribution < -0.4 is 28.3 Å². The second-order valence-electron chi connectivity index (χ2n) is 10.2. The number of halogens is 1. The first-order chi connectivity index (χ1) is 18.3. The summed E-state index contributed by atoms with van der Waals surface area (Å²) in [7, 11) is 1.67. The van der Waals surface area contributed by atoms with Crippen molar-refractivity contribution in [3.63, 3.8) is 0 Å². The van der Waals surface area contributed by atoms with Crippen LogP contribution in [0.15, 0.2) is 103 Å². The van der Waals surface area contributed by atoms with Crippen LogP contribution in [0.4, 0.5) is 4.79 Å². The topological polar surface area (TPSA) is 48.0 Å². The van der Waals surface area contributed by atoms with Crippen LogP contribution in [-0.2, 0) is 14.2 Å². The van der Waals surface area contributed by atoms with Gasteiger partial charge in [-0.15, -0.1) is 0 Å². The van der Waals surface area contributed by atoms with E-state index in [1.807, 2.05) is 20.8 Å². The Labute approximate surface area is 240 Å². The summed E-state index contributed by atoms with van der Waals surface area (Å²) in [6.45, 7) is 7.06. The third-order valence-corrected chi connectivity index (χ3v) is 10.4. The SMILES string of the molecule is COC=C1CCN(C(=O)OC(C)(C)C)CC1.COC[P+](c1ccccc1)(c1ccccc1)c1ccccc1.[Cl-]. The molecule has 39 heavy (non-hydrogen) atoms. The molecule has 210 valence electrons. The molecule has 7 heteroatoms. The van der Waals surface area contributed by atoms with Gasteiger partial charge in [0.05, 0.1) is 13.4 Å². The number of methoxy groups -OCH3 is 2. The Kier molecular flexibility index (Phi) is 13.0. The minimum Gasteiger partial charge on any atom is -1.00 e. The summed E-state index contributed by atoms with van der Waals surface area (Å²) in [5.41, 5.74) is 0.835. The van der Waals surface area contributed by atoms with E-state index in [0.717, 1.165) is 12.8 Å². The summed E-state index contributed by atoms with van der Waals surface area (Å²) < 4.78 is 16.0. The van der Waals surface area contributed by atoms with Crippen LogP contribution in [0.25, 0.3) is 0 Å². The first kappa shape index (κ1) is 32.4. The first-order valence-electron chi connectivity index (χ1n) is 13.0. The molecule has 0 aromatic heterocycles. The van der Waals surface area contributed by atoms with Crippen LogP contribution in [-0.4, -0.2) is 50.3 Å². The number of rotatable bonds is 6. The third kappa shape index (κ3) is 9.10. The summed E-state index contributed by atoms with van der Waals surface area (Å²) in [5, 5.41) is 4.07. The second-order valence-corrected chi connectivity index (χ2v) is 13.6. The fraction of sp³-hybridized carbons (Fsp3) is 0.344. The molecule has 0 radical (unpaired) electrons. The Bertz CT molecular complexity index is 1040. The van der Waals surface area contributed by atoms with Gasteiger partial charge in [0.15, 0.2) is 6.35 Å². The van der Waals surface area contributed by atoms with Gasteiger partial charge in [-0.3, -0.25) is 0 Å². The number of carbonyl (C=O) groups is 1. The lowest BCUT2D eigenvalue weighted by atomic mass is 10.1. The predicted octanol–water partition coefficient (Wildman–Crippen LogP) is 3.14. The van der Waals surface area contributed by atoms with E-state index in [0.29, 0.717) is 19.4 Å². The van der Waals surface area contributed by atoms with Gasteiger partial charge in [0.1, 0.15) is 28.8 Å². The highest BCUT2D eigenvalue weighted by atomic mass is 35.5. The maximum absolute atomic E-state index is 11.7. The number of ether oxygens (including phenoxy) is 3. The minimum atomic E-state index is -1.78. The van der Waals surface area contributed by atoms with Crippen LogP contribution in [0.3, 0.4) is 0 Å². The van der Waals surface area contributed by atoms with E-state index >= 15 is 0 Å². The van der Waals surface area contributed by atoms with Crippen molar-refractivity contribution in [1.82, 2.24) is 4.90 Å². The van der Waals surface area contributed by atoms with Crippen LogP contribution in [0, 0.1) is 0 Å². The molecule has 0 unspecified atom stereocenters. The largest absolute Gasteiger partial charge is 1.00 e. The second kappa shape index (κ2) is 15.7. The van der Waals surface area contributed by atoms with Gasteiger partial charge in [-0.25, -0.2) is 4.79 Å². The van der Waals surface area contributed by atoms with Crippen molar-refractivity contribution in [1.29, 1.82) is 0 Å². The molecule has 0 spiro atoms. The number of piperidine rings is 1. The fourth-order valence-electron chi connectivity index (χ4n) is 4.50. The number of likely N-dealkylation sites (tertiary alicyclic amines) is 1. The normalized spacial score (nSPS) is 13.4. The molecule has 1 amide bonds. The molecule has 5 nitrogen and oxygen atoms in total. The van der Waals surface area contributed by atoms with Crippen molar-refractivity contribution >= 4 is 29.3 Å². The highest BCUT2D eigenvalue weighted by Crippen LogP contribution is 2.55. The summed E-state index contributed by atoms with van der Waals surface area (Å²) in [5.74, 6) is 0. The van der Waals surface area contributed by atoms with Gasteiger partial charge in [0, 0.05) is 20.2 Å². The summed E-state index contributed by atoms with van der Waals surface area (Å²) >= 11 is 0. The van der Waals surface area contributed by atoms with Crippen LogP contribution in [0.5, 0.6) is 0 Å². The minimum absolute atomic E-state index is 0. The molecule has 0 bridgehead atoms. The third-order valence-electron chi connectivity index (χ3n) is 6.26. The molecule has 1 heterocycles. The molecular weight excluding hydrogens is 529 g/mol. The summed E-state index contributed by atoms with van der Waals surface area (Å²) in [6, 6.07) is 32.3. The molecule has 3 aromatic rings. The average Bonchev–Trinajstić information content (AvgIpc) is 2.93. The van der Waals surface area contributed by atoms with E-state index < -0.39 is 12.9 Å². The Morgan fingerprint density at radius 3 is 1.54 bits per heavy atom. The van der Waals surface area contributed by atoms with E-state index in [4.69, 9.17) is 14.2 Å². The van der Waals surface area contributed by atoms with Crippen molar-refractivity contribution in [3.8, 4) is 0 Å². The zero-order valence-corrected chi connectivity index (χ0v) is 25.3. The van der Waals surface area contributed by atoms with E-state index in [2.05, 4.69) is 91.0 Å². The van der Waals surface area contributed by atoms with Gasteiger partial charge in [-0.1, -0.05) is 54.6 Å². The monoisotopic (exact) mass is 569 g/mol. The van der Waals surface area contributed by atoms with Gasteiger partial charge in [-0.2, -0.15) is 0 Å². The lowest BCUT2D eigenvalue weighted by Crippen LogP contribution is -3.00. The lowest BCUT2D eigenvalue weighted by Gasteiger charge is -2.30. The van der Waals surface area contributed by atoms with Crippen molar-refractivity contribution in [2.45, 2.75) is 39.2 Å². The number of amides is 1. The zero-order chi connectivity index (χ0) is 27.4. The number of nitrogens with zero attached hydrogens (tertiary/aromatic N) is 1. The number of hydrogen-bond donors (Lipinski definition) is 0. The van der Waals surface area contributed by atoms with Crippen molar-refractivity contribution in [2.75, 3.05) is 33.7 Å². The Balaban J connectivity index is 0.000000281. The smallest absolute Gasteiger partial charge is 0.410 e. The van der Waals surface area contributed by atoms with Crippen LogP contribution in [0.1, 0.15) is 33.6 Å². The standard InChI is InChI=1S/C20H20OP.C12H21NO3.ClH/c1-21-17-22(18-11-5-2-6-12-18,19-13-7-3-8-14-19)20-15-9-4-10-16-20;1-12(2,3)16-11(14)13-7-5-10(6-8-13)9-15-4;/h2-16H,17H2,1H3;9H,5-8H2,1-4H3;1H/q+1;;/p-1. The van der Waals surface area contributed by atoms with Crippen LogP contribution in [0.2, 0.25) is 0 Å². The van der Waals surface area contributed by atoms with Gasteiger partial charge in [0.2, 0.25) is 0 Å². The molecule has 1 aliphatic heterocycles. The maximum Gasteiger partial charge on any atom is 0.410 e. The van der Waals surface area contributed by atoms with E-state index in [1.54, 1.807) is 25.4 Å². The zero-order valence-electron chi connectivity index (χ0n) is 23.7. The van der Waals surface area contributed by atoms with Gasteiger partial charge in [0.25, 0.3) is 0 Å². The van der Waals surface area contributed by atoms with E-state index in [9.17, 15) is 4.79 Å². The summed E-state index contributed by atoms with van der Waals surface area (Å²) in [4.78, 5) is 13.5. The van der Waals surface area contributed by atoms with Crippen molar-refractivity contribution in [2.24, 2.45) is 0 Å². The average molecular weight is 570 g/mol. The summed E-state index contributed by atoms with van der Waals surface area (Å²) in [6.07, 6.45) is 4.00. The van der Waals surface area contributed by atoms with E-state index in [-0.39, 0.29) is 18.5 Å². The number of benzene rings is 3. The fourth-order valence-corrected chi connectivity index (χ4v) is 8.27. The molecule has 0 aliphatic carbocycles. The predicted molar refractivity (Wildman–Crippen MR) is 159 cm³/mol. The molecular formula is C32H41ClNO4P. The lowest BCUT2D eigenvalue weighted by molar-refractivity contribution is -0.0000529. The van der Waals surface area contributed by atoms with E-state index in [1.165, 1.54) is 21.5 Å². The first-order valence-corrected chi connectivity index (χ1v) is 15.0. The molecule has 0 atom stereocenters.